The minimum absolute atomic E-state index is 0.0222. The minimum atomic E-state index is -0.158. The van der Waals surface area contributed by atoms with Gasteiger partial charge in [0.15, 0.2) is 0 Å². The highest BCUT2D eigenvalue weighted by Crippen LogP contribution is 2.27. The Bertz CT molecular complexity index is 655. The van der Waals surface area contributed by atoms with Crippen LogP contribution in [0.1, 0.15) is 31.0 Å². The van der Waals surface area contributed by atoms with Gasteiger partial charge in [-0.05, 0) is 39.0 Å². The molecule has 2 aromatic carbocycles. The monoisotopic (exact) mass is 329 g/mol. The average Bonchev–Trinajstić information content (AvgIpc) is 2.56. The summed E-state index contributed by atoms with van der Waals surface area (Å²) in [6, 6.07) is 15.9. The molecule has 0 radical (unpaired) electrons. The second kappa shape index (κ2) is 8.06. The van der Waals surface area contributed by atoms with Gasteiger partial charge in [0.2, 0.25) is 5.91 Å². The first-order chi connectivity index (χ1) is 11.0. The Kier molecular flexibility index (Phi) is 6.11. The maximum atomic E-state index is 12.4. The number of hydrogen-bond acceptors (Lipinski definition) is 3. The lowest BCUT2D eigenvalue weighted by atomic mass is 10.1. The van der Waals surface area contributed by atoms with Crippen molar-refractivity contribution in [1.82, 2.24) is 5.32 Å². The van der Waals surface area contributed by atoms with Gasteiger partial charge in [-0.1, -0.05) is 35.9 Å². The molecule has 2 rings (SSSR count). The quantitative estimate of drug-likeness (QED) is 0.800. The highest BCUT2D eigenvalue weighted by atomic mass is 32.2. The summed E-state index contributed by atoms with van der Waals surface area (Å²) in [6.07, 6.45) is 0. The van der Waals surface area contributed by atoms with E-state index in [4.69, 9.17) is 4.74 Å². The summed E-state index contributed by atoms with van der Waals surface area (Å²) in [6.45, 7) is 5.95. The second-order valence-corrected chi connectivity index (χ2v) is 6.96. The third kappa shape index (κ3) is 4.76. The van der Waals surface area contributed by atoms with Crippen molar-refractivity contribution in [3.05, 3.63) is 59.7 Å². The molecule has 4 heteroatoms. The zero-order valence-electron chi connectivity index (χ0n) is 14.0. The van der Waals surface area contributed by atoms with Crippen LogP contribution in [0.5, 0.6) is 5.75 Å². The van der Waals surface area contributed by atoms with Crippen molar-refractivity contribution >= 4 is 17.7 Å². The summed E-state index contributed by atoms with van der Waals surface area (Å²) in [4.78, 5) is 13.5. The summed E-state index contributed by atoms with van der Waals surface area (Å²) in [7, 11) is 1.64. The van der Waals surface area contributed by atoms with Gasteiger partial charge >= 0.3 is 0 Å². The van der Waals surface area contributed by atoms with Crippen LogP contribution in [0.15, 0.2) is 53.4 Å². The summed E-state index contributed by atoms with van der Waals surface area (Å²) >= 11 is 1.56. The molecular formula is C19H23NO2S. The number of hydrogen-bond donors (Lipinski definition) is 1. The van der Waals surface area contributed by atoms with Crippen LogP contribution >= 0.6 is 11.8 Å². The van der Waals surface area contributed by atoms with Crippen molar-refractivity contribution < 1.29 is 9.53 Å². The van der Waals surface area contributed by atoms with Crippen molar-refractivity contribution in [2.45, 2.75) is 37.0 Å². The molecule has 2 atom stereocenters. The Balaban J connectivity index is 1.98. The fourth-order valence-corrected chi connectivity index (χ4v) is 3.18. The SMILES string of the molecule is COc1ccccc1[C@H](C)NC(=O)[C@@H](C)Sc1ccc(C)cc1. The lowest BCUT2D eigenvalue weighted by molar-refractivity contribution is -0.120. The fourth-order valence-electron chi connectivity index (χ4n) is 2.31. The maximum absolute atomic E-state index is 12.4. The molecular weight excluding hydrogens is 306 g/mol. The second-order valence-electron chi connectivity index (χ2n) is 5.55. The van der Waals surface area contributed by atoms with Crippen LogP contribution in [0.2, 0.25) is 0 Å². The summed E-state index contributed by atoms with van der Waals surface area (Å²) in [5.41, 5.74) is 2.20. The topological polar surface area (TPSA) is 38.3 Å². The summed E-state index contributed by atoms with van der Waals surface area (Å²) in [5.74, 6) is 0.813. The standard InChI is InChI=1S/C19H23NO2S/c1-13-9-11-16(12-10-13)23-15(3)19(21)20-14(2)17-7-5-6-8-18(17)22-4/h5-12,14-15H,1-4H3,(H,20,21)/t14-,15+/m0/s1. The van der Waals surface area contributed by atoms with Crippen molar-refractivity contribution in [2.24, 2.45) is 0 Å². The third-order valence-corrected chi connectivity index (χ3v) is 4.78. The number of ether oxygens (including phenoxy) is 1. The molecule has 0 fully saturated rings. The number of thioether (sulfide) groups is 1. The van der Waals surface area contributed by atoms with Crippen LogP contribution in [0.3, 0.4) is 0 Å². The van der Waals surface area contributed by atoms with Gasteiger partial charge in [-0.25, -0.2) is 0 Å². The first kappa shape index (κ1) is 17.4. The van der Waals surface area contributed by atoms with E-state index in [9.17, 15) is 4.79 Å². The molecule has 0 heterocycles. The zero-order valence-corrected chi connectivity index (χ0v) is 14.8. The van der Waals surface area contributed by atoms with Gasteiger partial charge in [-0.2, -0.15) is 0 Å². The number of carbonyl (C=O) groups is 1. The first-order valence-electron chi connectivity index (χ1n) is 7.68. The molecule has 1 N–H and O–H groups in total. The van der Waals surface area contributed by atoms with Crippen molar-refractivity contribution in [2.75, 3.05) is 7.11 Å². The van der Waals surface area contributed by atoms with Gasteiger partial charge in [0.25, 0.3) is 0 Å². The Morgan fingerprint density at radius 1 is 1.09 bits per heavy atom. The highest BCUT2D eigenvalue weighted by Gasteiger charge is 2.19. The lowest BCUT2D eigenvalue weighted by Crippen LogP contribution is -2.33. The van der Waals surface area contributed by atoms with E-state index >= 15 is 0 Å². The van der Waals surface area contributed by atoms with Gasteiger partial charge in [-0.15, -0.1) is 11.8 Å². The van der Waals surface area contributed by atoms with Gasteiger partial charge < -0.3 is 10.1 Å². The Morgan fingerprint density at radius 2 is 1.74 bits per heavy atom. The Hall–Kier alpha value is -1.94. The molecule has 0 aliphatic rings. The molecule has 0 saturated heterocycles. The first-order valence-corrected chi connectivity index (χ1v) is 8.56. The molecule has 23 heavy (non-hydrogen) atoms. The van der Waals surface area contributed by atoms with E-state index < -0.39 is 0 Å². The van der Waals surface area contributed by atoms with Crippen molar-refractivity contribution in [1.29, 1.82) is 0 Å². The lowest BCUT2D eigenvalue weighted by Gasteiger charge is -2.19. The zero-order chi connectivity index (χ0) is 16.8. The normalized spacial score (nSPS) is 13.2. The number of amides is 1. The summed E-state index contributed by atoms with van der Waals surface area (Å²) < 4.78 is 5.36. The predicted molar refractivity (Wildman–Crippen MR) is 96.0 cm³/mol. The average molecular weight is 329 g/mol. The third-order valence-electron chi connectivity index (χ3n) is 3.67. The molecule has 1 amide bonds. The van der Waals surface area contributed by atoms with E-state index in [1.807, 2.05) is 50.2 Å². The fraction of sp³-hybridized carbons (Fsp3) is 0.316. The molecule has 0 aromatic heterocycles. The molecule has 0 saturated carbocycles. The van der Waals surface area contributed by atoms with Crippen LogP contribution in [-0.2, 0) is 4.79 Å². The predicted octanol–water partition coefficient (Wildman–Crippen LogP) is 4.36. The molecule has 0 unspecified atom stereocenters. The van der Waals surface area contributed by atoms with E-state index in [2.05, 4.69) is 24.4 Å². The number of aryl methyl sites for hydroxylation is 1. The van der Waals surface area contributed by atoms with Gasteiger partial charge in [0, 0.05) is 10.5 Å². The van der Waals surface area contributed by atoms with Crippen LogP contribution in [0.25, 0.3) is 0 Å². The smallest absolute Gasteiger partial charge is 0.233 e. The summed E-state index contributed by atoms with van der Waals surface area (Å²) in [5, 5.41) is 2.90. The number of carbonyl (C=O) groups excluding carboxylic acids is 1. The van der Waals surface area contributed by atoms with E-state index in [1.165, 1.54) is 5.56 Å². The Morgan fingerprint density at radius 3 is 2.39 bits per heavy atom. The number of benzene rings is 2. The molecule has 0 spiro atoms. The Labute approximate surface area is 142 Å². The number of rotatable bonds is 6. The van der Waals surface area contributed by atoms with Crippen molar-refractivity contribution in [3.63, 3.8) is 0 Å². The molecule has 0 aliphatic carbocycles. The van der Waals surface area contributed by atoms with Gasteiger partial charge in [0.1, 0.15) is 5.75 Å². The van der Waals surface area contributed by atoms with Crippen LogP contribution in [0.4, 0.5) is 0 Å². The van der Waals surface area contributed by atoms with Crippen LogP contribution < -0.4 is 10.1 Å². The van der Waals surface area contributed by atoms with Crippen LogP contribution in [0, 0.1) is 6.92 Å². The number of methoxy groups -OCH3 is 1. The van der Waals surface area contributed by atoms with Gasteiger partial charge in [-0.3, -0.25) is 4.79 Å². The molecule has 3 nitrogen and oxygen atoms in total. The molecule has 2 aromatic rings. The van der Waals surface area contributed by atoms with Crippen molar-refractivity contribution in [3.8, 4) is 5.75 Å². The number of nitrogens with one attached hydrogen (secondary N) is 1. The molecule has 0 bridgehead atoms. The molecule has 122 valence electrons. The highest BCUT2D eigenvalue weighted by molar-refractivity contribution is 8.00. The van der Waals surface area contributed by atoms with Crippen LogP contribution in [-0.4, -0.2) is 18.3 Å². The van der Waals surface area contributed by atoms with E-state index in [1.54, 1.807) is 18.9 Å². The van der Waals surface area contributed by atoms with E-state index in [0.717, 1.165) is 16.2 Å². The number of para-hydroxylation sites is 1. The largest absolute Gasteiger partial charge is 0.496 e. The molecule has 0 aliphatic heterocycles. The van der Waals surface area contributed by atoms with E-state index in [-0.39, 0.29) is 17.2 Å². The maximum Gasteiger partial charge on any atom is 0.233 e. The minimum Gasteiger partial charge on any atom is -0.496 e. The van der Waals surface area contributed by atoms with E-state index in [0.29, 0.717) is 0 Å². The van der Waals surface area contributed by atoms with Gasteiger partial charge in [0.05, 0.1) is 18.4 Å².